The predicted molar refractivity (Wildman–Crippen MR) is 191 cm³/mol. The van der Waals surface area contributed by atoms with Crippen molar-refractivity contribution < 1.29 is 0 Å². The lowest BCUT2D eigenvalue weighted by atomic mass is 9.90. The van der Waals surface area contributed by atoms with E-state index < -0.39 is 0 Å². The Morgan fingerprint density at radius 1 is 0.455 bits per heavy atom. The summed E-state index contributed by atoms with van der Waals surface area (Å²) in [7, 11) is 0. The summed E-state index contributed by atoms with van der Waals surface area (Å²) >= 11 is 3.49. The lowest BCUT2D eigenvalue weighted by Crippen LogP contribution is -1.95. The monoisotopic (exact) mass is 612 g/mol. The summed E-state index contributed by atoms with van der Waals surface area (Å²) in [6.07, 6.45) is 1.77. The predicted octanol–water partition coefficient (Wildman–Crippen LogP) is 11.5. The molecule has 0 aliphatic rings. The Labute approximate surface area is 270 Å². The Bertz CT molecular complexity index is 2010. The summed E-state index contributed by atoms with van der Waals surface area (Å²) in [6, 6.07) is 22.3. The Hall–Kier alpha value is -3.86. The van der Waals surface area contributed by atoms with E-state index in [1.807, 2.05) is 0 Å². The number of benzene rings is 4. The molecular weight excluding hydrogens is 573 g/mol. The molecule has 4 heteroatoms. The number of aryl methyl sites for hydroxylation is 5. The van der Waals surface area contributed by atoms with Crippen molar-refractivity contribution in [1.29, 1.82) is 0 Å². The van der Waals surface area contributed by atoms with Crippen LogP contribution in [0, 0.1) is 55.4 Å². The summed E-state index contributed by atoms with van der Waals surface area (Å²) in [5.74, 6) is 0. The largest absolute Gasteiger partial charge is 0.241 e. The lowest BCUT2D eigenvalue weighted by Gasteiger charge is -2.15. The van der Waals surface area contributed by atoms with Crippen LogP contribution in [0.3, 0.4) is 0 Å². The zero-order chi connectivity index (χ0) is 31.1. The zero-order valence-electron chi connectivity index (χ0n) is 27.1. The van der Waals surface area contributed by atoms with E-state index in [9.17, 15) is 0 Å². The number of nitrogens with zero attached hydrogens (tertiary/aromatic N) is 2. The highest BCUT2D eigenvalue weighted by Crippen LogP contribution is 2.37. The molecule has 0 bridgehead atoms. The van der Waals surface area contributed by atoms with E-state index in [0.29, 0.717) is 0 Å². The number of hydrogen-bond acceptors (Lipinski definition) is 4. The van der Waals surface area contributed by atoms with Crippen LogP contribution in [0.1, 0.15) is 55.9 Å². The van der Waals surface area contributed by atoms with E-state index in [4.69, 9.17) is 9.97 Å². The van der Waals surface area contributed by atoms with Gasteiger partial charge in [-0.3, -0.25) is 0 Å². The van der Waals surface area contributed by atoms with Crippen molar-refractivity contribution in [3.05, 3.63) is 127 Å². The van der Waals surface area contributed by atoms with Gasteiger partial charge in [-0.15, -0.1) is 22.7 Å². The standard InChI is InChI=1S/C40H40N2S2/c1-23-11-9-13-34(26(23)4)36-17-18-37(30(8)29(36)7)40-42-33(22-44-40)16-15-32-21-43-39(41-32)31-19-25(3)28(6)38(20-31)35-14-10-12-24(2)27(35)5/h9-14,17-22H,15-16H2,1-8H3. The molecule has 4 aromatic carbocycles. The third kappa shape index (κ3) is 5.69. The molecule has 2 aromatic heterocycles. The average molecular weight is 613 g/mol. The molecule has 0 saturated carbocycles. The SMILES string of the molecule is Cc1cccc(-c2cc(-c3nc(CCc4csc(-c5ccc(-c6cccc(C)c6C)c(C)c5C)n4)cs3)cc(C)c2C)c1C. The Morgan fingerprint density at radius 3 is 1.57 bits per heavy atom. The van der Waals surface area contributed by atoms with Gasteiger partial charge < -0.3 is 0 Å². The van der Waals surface area contributed by atoms with Crippen LogP contribution in [0.2, 0.25) is 0 Å². The minimum absolute atomic E-state index is 0.887. The first-order chi connectivity index (χ1) is 21.1. The van der Waals surface area contributed by atoms with E-state index in [0.717, 1.165) is 34.2 Å². The molecule has 0 unspecified atom stereocenters. The second kappa shape index (κ2) is 12.3. The minimum Gasteiger partial charge on any atom is -0.241 e. The van der Waals surface area contributed by atoms with Gasteiger partial charge in [-0.1, -0.05) is 48.5 Å². The van der Waals surface area contributed by atoms with Gasteiger partial charge in [-0.25, -0.2) is 9.97 Å². The second-order valence-electron chi connectivity index (χ2n) is 12.2. The Morgan fingerprint density at radius 2 is 0.932 bits per heavy atom. The number of hydrogen-bond donors (Lipinski definition) is 0. The minimum atomic E-state index is 0.887. The van der Waals surface area contributed by atoms with Gasteiger partial charge >= 0.3 is 0 Å². The van der Waals surface area contributed by atoms with Crippen LogP contribution in [0.25, 0.3) is 43.4 Å². The van der Waals surface area contributed by atoms with E-state index in [1.54, 1.807) is 22.7 Å². The molecule has 6 aromatic rings. The van der Waals surface area contributed by atoms with Gasteiger partial charge in [0, 0.05) is 21.9 Å². The highest BCUT2D eigenvalue weighted by molar-refractivity contribution is 7.13. The summed E-state index contributed by atoms with van der Waals surface area (Å²) in [5, 5.41) is 6.62. The van der Waals surface area contributed by atoms with Crippen LogP contribution < -0.4 is 0 Å². The summed E-state index contributed by atoms with van der Waals surface area (Å²) in [5.41, 5.74) is 20.6. The first-order valence-corrected chi connectivity index (χ1v) is 17.1. The lowest BCUT2D eigenvalue weighted by molar-refractivity contribution is 0.900. The van der Waals surface area contributed by atoms with Crippen molar-refractivity contribution >= 4 is 22.7 Å². The summed E-state index contributed by atoms with van der Waals surface area (Å²) in [6.45, 7) is 17.7. The first-order valence-electron chi connectivity index (χ1n) is 15.4. The van der Waals surface area contributed by atoms with Gasteiger partial charge in [-0.2, -0.15) is 0 Å². The molecule has 0 radical (unpaired) electrons. The highest BCUT2D eigenvalue weighted by atomic mass is 32.1. The molecule has 0 saturated heterocycles. The molecule has 0 fully saturated rings. The van der Waals surface area contributed by atoms with Gasteiger partial charge in [0.2, 0.25) is 0 Å². The van der Waals surface area contributed by atoms with Crippen molar-refractivity contribution in [3.8, 4) is 43.4 Å². The van der Waals surface area contributed by atoms with Gasteiger partial charge in [-0.05, 0) is 147 Å². The van der Waals surface area contributed by atoms with Crippen molar-refractivity contribution in [2.45, 2.75) is 68.2 Å². The van der Waals surface area contributed by atoms with E-state index >= 15 is 0 Å². The Kier molecular flexibility index (Phi) is 8.41. The maximum Gasteiger partial charge on any atom is 0.123 e. The van der Waals surface area contributed by atoms with Gasteiger partial charge in [0.25, 0.3) is 0 Å². The molecule has 0 aliphatic carbocycles. The average Bonchev–Trinajstić information content (AvgIpc) is 3.68. The van der Waals surface area contributed by atoms with Crippen molar-refractivity contribution in [1.82, 2.24) is 9.97 Å². The van der Waals surface area contributed by atoms with Gasteiger partial charge in [0.1, 0.15) is 10.0 Å². The maximum absolute atomic E-state index is 5.08. The van der Waals surface area contributed by atoms with Crippen molar-refractivity contribution in [2.24, 2.45) is 0 Å². The fraction of sp³-hybridized carbons (Fsp3) is 0.250. The second-order valence-corrected chi connectivity index (χ2v) is 13.9. The summed E-state index contributed by atoms with van der Waals surface area (Å²) < 4.78 is 0. The molecular formula is C40H40N2S2. The maximum atomic E-state index is 5.08. The van der Waals surface area contributed by atoms with Crippen LogP contribution in [-0.4, -0.2) is 9.97 Å². The van der Waals surface area contributed by atoms with Crippen LogP contribution in [0.5, 0.6) is 0 Å². The van der Waals surface area contributed by atoms with Gasteiger partial charge in [0.15, 0.2) is 0 Å². The molecule has 6 rings (SSSR count). The first kappa shape index (κ1) is 30.2. The Balaban J connectivity index is 1.20. The quantitative estimate of drug-likeness (QED) is 0.179. The highest BCUT2D eigenvalue weighted by Gasteiger charge is 2.16. The zero-order valence-corrected chi connectivity index (χ0v) is 28.7. The third-order valence-corrected chi connectivity index (χ3v) is 11.3. The molecule has 2 heterocycles. The van der Waals surface area contributed by atoms with E-state index in [1.165, 1.54) is 77.9 Å². The van der Waals surface area contributed by atoms with Crippen molar-refractivity contribution in [3.63, 3.8) is 0 Å². The molecule has 222 valence electrons. The topological polar surface area (TPSA) is 25.8 Å². The summed E-state index contributed by atoms with van der Waals surface area (Å²) in [4.78, 5) is 10.2. The number of thiazole rings is 2. The molecule has 0 aliphatic heterocycles. The normalized spacial score (nSPS) is 11.4. The van der Waals surface area contributed by atoms with Crippen LogP contribution in [-0.2, 0) is 12.8 Å². The smallest absolute Gasteiger partial charge is 0.123 e. The molecule has 0 atom stereocenters. The molecule has 0 amide bonds. The van der Waals surface area contributed by atoms with Crippen molar-refractivity contribution in [2.75, 3.05) is 0 Å². The third-order valence-electron chi connectivity index (χ3n) is 9.46. The molecule has 2 nitrogen and oxygen atoms in total. The molecule has 0 N–H and O–H groups in total. The van der Waals surface area contributed by atoms with Gasteiger partial charge in [0.05, 0.1) is 11.4 Å². The fourth-order valence-electron chi connectivity index (χ4n) is 6.05. The van der Waals surface area contributed by atoms with Crippen LogP contribution in [0.4, 0.5) is 0 Å². The number of aromatic nitrogens is 2. The molecule has 0 spiro atoms. The number of rotatable bonds is 7. The van der Waals surface area contributed by atoms with Crippen LogP contribution in [0.15, 0.2) is 71.4 Å². The van der Waals surface area contributed by atoms with E-state index in [-0.39, 0.29) is 0 Å². The van der Waals surface area contributed by atoms with E-state index in [2.05, 4.69) is 127 Å². The van der Waals surface area contributed by atoms with Crippen LogP contribution >= 0.6 is 22.7 Å². The molecule has 44 heavy (non-hydrogen) atoms. The fourth-order valence-corrected chi connectivity index (χ4v) is 7.83.